The summed E-state index contributed by atoms with van der Waals surface area (Å²) in [6.45, 7) is 3.53. The fraction of sp³-hybridized carbons (Fsp3) is 0.200. The van der Waals surface area contributed by atoms with Crippen LogP contribution in [0.1, 0.15) is 27.6 Å². The third-order valence-corrected chi connectivity index (χ3v) is 4.95. The molecule has 0 aliphatic rings. The average molecular weight is 454 g/mol. The Morgan fingerprint density at radius 2 is 1.74 bits per heavy atom. The minimum atomic E-state index is -0.276. The van der Waals surface area contributed by atoms with Crippen LogP contribution in [0.5, 0.6) is 0 Å². The van der Waals surface area contributed by atoms with Gasteiger partial charge in [0.15, 0.2) is 0 Å². The first-order chi connectivity index (χ1) is 8.90. The number of hydrogen-bond acceptors (Lipinski definition) is 0. The molecule has 0 aromatic heterocycles. The lowest BCUT2D eigenvalue weighted by molar-refractivity contribution is 0.608. The van der Waals surface area contributed by atoms with E-state index in [2.05, 4.69) is 38.5 Å². The smallest absolute Gasteiger partial charge is 0.129 e. The summed E-state index contributed by atoms with van der Waals surface area (Å²) in [6, 6.07) is 9.63. The Hall–Kier alpha value is -0.130. The molecule has 0 nitrogen and oxygen atoms in total. The Labute approximate surface area is 139 Å². The van der Waals surface area contributed by atoms with Gasteiger partial charge in [-0.3, -0.25) is 0 Å². The highest BCUT2D eigenvalue weighted by Gasteiger charge is 2.16. The highest BCUT2D eigenvalue weighted by molar-refractivity contribution is 14.1. The minimum absolute atomic E-state index is 0.156. The fourth-order valence-electron chi connectivity index (χ4n) is 2.01. The van der Waals surface area contributed by atoms with Gasteiger partial charge in [-0.1, -0.05) is 28.1 Å². The lowest BCUT2D eigenvalue weighted by atomic mass is 10.00. The van der Waals surface area contributed by atoms with Crippen LogP contribution in [0.4, 0.5) is 4.39 Å². The minimum Gasteiger partial charge on any atom is -0.206 e. The van der Waals surface area contributed by atoms with Crippen LogP contribution in [0.2, 0.25) is 0 Å². The molecule has 0 radical (unpaired) electrons. The number of halogens is 4. The van der Waals surface area contributed by atoms with Crippen LogP contribution in [-0.4, -0.2) is 0 Å². The molecule has 0 aliphatic carbocycles. The molecule has 2 aromatic carbocycles. The Bertz CT molecular complexity index is 605. The van der Waals surface area contributed by atoms with E-state index >= 15 is 0 Å². The summed E-state index contributed by atoms with van der Waals surface area (Å²) >= 11 is 12.3. The molecule has 0 heterocycles. The van der Waals surface area contributed by atoms with Crippen LogP contribution < -0.4 is 0 Å². The van der Waals surface area contributed by atoms with Crippen molar-refractivity contribution in [2.24, 2.45) is 0 Å². The summed E-state index contributed by atoms with van der Waals surface area (Å²) in [4.78, 5) is 0. The zero-order valence-corrected chi connectivity index (χ0v) is 15.0. The van der Waals surface area contributed by atoms with Crippen molar-refractivity contribution in [3.8, 4) is 0 Å². The predicted octanol–water partition coefficient (Wildman–Crippen LogP) is 6.14. The molecule has 1 atom stereocenters. The second kappa shape index (κ2) is 6.10. The molecule has 0 amide bonds. The van der Waals surface area contributed by atoms with Crippen LogP contribution in [-0.2, 0) is 0 Å². The summed E-state index contributed by atoms with van der Waals surface area (Å²) in [5.41, 5.74) is 3.22. The zero-order valence-electron chi connectivity index (χ0n) is 10.5. The summed E-state index contributed by atoms with van der Waals surface area (Å²) in [6.07, 6.45) is 0. The first-order valence-electron chi connectivity index (χ1n) is 5.76. The number of aryl methyl sites for hydroxylation is 2. The first-order valence-corrected chi connectivity index (χ1v) is 8.06. The molecule has 0 saturated carbocycles. The van der Waals surface area contributed by atoms with Crippen molar-refractivity contribution in [1.29, 1.82) is 0 Å². The topological polar surface area (TPSA) is 0 Å². The third kappa shape index (κ3) is 3.31. The molecule has 19 heavy (non-hydrogen) atoms. The van der Waals surface area contributed by atoms with E-state index in [-0.39, 0.29) is 11.2 Å². The highest BCUT2D eigenvalue weighted by Crippen LogP contribution is 2.35. The lowest BCUT2D eigenvalue weighted by Gasteiger charge is -2.15. The summed E-state index contributed by atoms with van der Waals surface area (Å²) < 4.78 is 15.8. The van der Waals surface area contributed by atoms with Gasteiger partial charge in [-0.25, -0.2) is 4.39 Å². The van der Waals surface area contributed by atoms with E-state index in [0.717, 1.165) is 19.2 Å². The van der Waals surface area contributed by atoms with Gasteiger partial charge < -0.3 is 0 Å². The van der Waals surface area contributed by atoms with Gasteiger partial charge in [0.2, 0.25) is 0 Å². The molecule has 0 bridgehead atoms. The number of hydrogen-bond donors (Lipinski definition) is 0. The van der Waals surface area contributed by atoms with Crippen LogP contribution in [0.25, 0.3) is 0 Å². The monoisotopic (exact) mass is 452 g/mol. The summed E-state index contributed by atoms with van der Waals surface area (Å²) in [7, 11) is 0. The molecule has 2 rings (SSSR count). The number of alkyl halides is 1. The molecule has 1 unspecified atom stereocenters. The van der Waals surface area contributed by atoms with Gasteiger partial charge in [-0.05, 0) is 76.9 Å². The molecule has 0 N–H and O–H groups in total. The van der Waals surface area contributed by atoms with Crippen molar-refractivity contribution in [2.75, 3.05) is 0 Å². The van der Waals surface area contributed by atoms with Crippen molar-refractivity contribution in [2.45, 2.75) is 19.2 Å². The molecule has 0 fully saturated rings. The van der Waals surface area contributed by atoms with E-state index < -0.39 is 0 Å². The Kier molecular flexibility index (Phi) is 4.90. The second-order valence-corrected chi connectivity index (χ2v) is 7.01. The zero-order chi connectivity index (χ0) is 14.2. The van der Waals surface area contributed by atoms with E-state index in [1.165, 1.54) is 0 Å². The van der Waals surface area contributed by atoms with Gasteiger partial charge in [0.25, 0.3) is 0 Å². The van der Waals surface area contributed by atoms with Crippen molar-refractivity contribution < 1.29 is 4.39 Å². The average Bonchev–Trinajstić information content (AvgIpc) is 2.37. The lowest BCUT2D eigenvalue weighted by Crippen LogP contribution is -1.99. The van der Waals surface area contributed by atoms with Crippen molar-refractivity contribution in [3.63, 3.8) is 0 Å². The first kappa shape index (κ1) is 15.3. The van der Waals surface area contributed by atoms with Gasteiger partial charge in [0.05, 0.1) is 5.38 Å². The molecule has 0 spiro atoms. The molecule has 4 heteroatoms. The molecular formula is C15H12BrClFI. The van der Waals surface area contributed by atoms with E-state index in [1.807, 2.05) is 30.3 Å². The highest BCUT2D eigenvalue weighted by atomic mass is 127. The largest absolute Gasteiger partial charge is 0.206 e. The molecule has 0 saturated heterocycles. The molecule has 2 aromatic rings. The Morgan fingerprint density at radius 1 is 1.16 bits per heavy atom. The Morgan fingerprint density at radius 3 is 2.32 bits per heavy atom. The van der Waals surface area contributed by atoms with Crippen molar-refractivity contribution in [1.82, 2.24) is 0 Å². The molecule has 0 aliphatic heterocycles. The van der Waals surface area contributed by atoms with E-state index in [4.69, 9.17) is 11.6 Å². The van der Waals surface area contributed by atoms with Gasteiger partial charge >= 0.3 is 0 Å². The van der Waals surface area contributed by atoms with Gasteiger partial charge in [0, 0.05) is 8.04 Å². The van der Waals surface area contributed by atoms with E-state index in [1.54, 1.807) is 13.8 Å². The molecular weight excluding hydrogens is 441 g/mol. The van der Waals surface area contributed by atoms with Crippen LogP contribution in [0, 0.1) is 23.2 Å². The van der Waals surface area contributed by atoms with Crippen molar-refractivity contribution in [3.05, 3.63) is 66.4 Å². The quantitative estimate of drug-likeness (QED) is 0.379. The van der Waals surface area contributed by atoms with Gasteiger partial charge in [-0.15, -0.1) is 11.6 Å². The van der Waals surface area contributed by atoms with Crippen LogP contribution in [0.15, 0.2) is 34.8 Å². The van der Waals surface area contributed by atoms with Crippen LogP contribution >= 0.6 is 50.1 Å². The predicted molar refractivity (Wildman–Crippen MR) is 90.4 cm³/mol. The summed E-state index contributed by atoms with van der Waals surface area (Å²) in [5.74, 6) is -0.156. The SMILES string of the molecule is Cc1cc(C(Cl)c2cc(Br)ccc2I)cc(C)c1F. The molecule has 100 valence electrons. The second-order valence-electron chi connectivity index (χ2n) is 4.50. The Balaban J connectivity index is 2.49. The number of rotatable bonds is 2. The van der Waals surface area contributed by atoms with E-state index in [9.17, 15) is 4.39 Å². The van der Waals surface area contributed by atoms with Gasteiger partial charge in [0.1, 0.15) is 5.82 Å². The van der Waals surface area contributed by atoms with Gasteiger partial charge in [-0.2, -0.15) is 0 Å². The maximum atomic E-state index is 13.7. The number of benzene rings is 2. The maximum absolute atomic E-state index is 13.7. The third-order valence-electron chi connectivity index (χ3n) is 2.98. The maximum Gasteiger partial charge on any atom is 0.129 e. The van der Waals surface area contributed by atoms with Crippen LogP contribution in [0.3, 0.4) is 0 Å². The standard InChI is InChI=1S/C15H12BrClFI/c1-8-5-10(6-9(2)15(8)18)14(17)12-7-11(16)3-4-13(12)19/h3-7,14H,1-2H3. The normalized spacial score (nSPS) is 12.5. The van der Waals surface area contributed by atoms with E-state index in [0.29, 0.717) is 11.1 Å². The summed E-state index contributed by atoms with van der Waals surface area (Å²) in [5, 5.41) is -0.276. The fourth-order valence-corrected chi connectivity index (χ4v) is 3.53. The van der Waals surface area contributed by atoms with Crippen molar-refractivity contribution >= 4 is 50.1 Å².